The van der Waals surface area contributed by atoms with Crippen LogP contribution in [0.1, 0.15) is 12.5 Å². The van der Waals surface area contributed by atoms with Gasteiger partial charge in [0.2, 0.25) is 6.17 Å². The van der Waals surface area contributed by atoms with Crippen LogP contribution in [-0.2, 0) is 45.9 Å². The van der Waals surface area contributed by atoms with Crippen LogP contribution in [-0.4, -0.2) is 69.8 Å². The predicted octanol–water partition coefficient (Wildman–Crippen LogP) is 3.28. The molecule has 0 spiro atoms. The van der Waals surface area contributed by atoms with Gasteiger partial charge in [-0.25, -0.2) is 16.8 Å². The summed E-state index contributed by atoms with van der Waals surface area (Å²) in [5.74, 6) is 0. The lowest BCUT2D eigenvalue weighted by Gasteiger charge is -2.31. The first-order valence-electron chi connectivity index (χ1n) is 9.16. The zero-order valence-electron chi connectivity index (χ0n) is 19.1. The second-order valence-corrected chi connectivity index (χ2v) is 13.0. The van der Waals surface area contributed by atoms with E-state index in [0.29, 0.717) is 10.3 Å². The lowest BCUT2D eigenvalue weighted by Crippen LogP contribution is -2.56. The highest BCUT2D eigenvalue weighted by Gasteiger charge is 2.68. The standard InChI is InChI=1S/C11H20NO3Si.C4F10NO4S2/c1-5-11-7-6-8-12(9-11)10-16(13-2,14-3)15-4;5-1(6,7)3(11,12)20(16,17)15-21(18,19)4(13,14)2(8,9)10/h6-9H,5,10H2,1-4H3;/q+1;-1. The van der Waals surface area contributed by atoms with Gasteiger partial charge in [0, 0.05) is 33.0 Å². The number of nitrogens with zero attached hydrogens (tertiary/aromatic N) is 2. The van der Waals surface area contributed by atoms with Gasteiger partial charge < -0.3 is 17.4 Å². The third-order valence-electron chi connectivity index (χ3n) is 4.14. The average molecular weight is 623 g/mol. The number of aryl methyl sites for hydroxylation is 1. The molecule has 22 heteroatoms. The number of hydrogen-bond donors (Lipinski definition) is 0. The minimum atomic E-state index is -7.62. The molecular weight excluding hydrogens is 602 g/mol. The highest BCUT2D eigenvalue weighted by atomic mass is 32.3. The SMILES string of the molecule is CCc1ccc[n+](C[Si](OC)(OC)OC)c1.O=S(=O)([N-]S(=O)(=O)C(F)(F)C(F)(F)F)C(F)(F)C(F)(F)F. The Morgan fingerprint density at radius 3 is 1.49 bits per heavy atom. The summed E-state index contributed by atoms with van der Waals surface area (Å²) < 4.78 is 179. The summed E-state index contributed by atoms with van der Waals surface area (Å²) in [5.41, 5.74) is 1.29. The smallest absolute Gasteiger partial charge is 0.425 e. The first-order chi connectivity index (χ1) is 16.4. The van der Waals surface area contributed by atoms with Crippen LogP contribution in [0.2, 0.25) is 0 Å². The second kappa shape index (κ2) is 12.1. The molecule has 0 aromatic carbocycles. The Kier molecular flexibility index (Phi) is 11.5. The summed E-state index contributed by atoms with van der Waals surface area (Å²) in [6, 6.07) is 4.13. The van der Waals surface area contributed by atoms with Gasteiger partial charge in [-0.1, -0.05) is 6.92 Å². The highest BCUT2D eigenvalue weighted by Crippen LogP contribution is 2.47. The van der Waals surface area contributed by atoms with Crippen molar-refractivity contribution in [3.8, 4) is 0 Å². The summed E-state index contributed by atoms with van der Waals surface area (Å²) in [6.07, 6.45) is -8.26. The maximum Gasteiger partial charge on any atom is 0.569 e. The molecule has 37 heavy (non-hydrogen) atoms. The van der Waals surface area contributed by atoms with Crippen LogP contribution in [0.3, 0.4) is 0 Å². The zero-order valence-corrected chi connectivity index (χ0v) is 21.7. The van der Waals surface area contributed by atoms with Crippen LogP contribution < -0.4 is 4.57 Å². The van der Waals surface area contributed by atoms with Crippen molar-refractivity contribution in [2.75, 3.05) is 21.3 Å². The average Bonchev–Trinajstić information content (AvgIpc) is 2.75. The molecule has 1 aromatic rings. The van der Waals surface area contributed by atoms with Crippen molar-refractivity contribution in [2.24, 2.45) is 0 Å². The van der Waals surface area contributed by atoms with Crippen LogP contribution in [0.25, 0.3) is 4.13 Å². The number of rotatable bonds is 10. The van der Waals surface area contributed by atoms with E-state index in [1.807, 2.05) is 12.3 Å². The largest absolute Gasteiger partial charge is 0.569 e. The number of pyridine rings is 1. The number of aromatic nitrogens is 1. The number of sulfonamides is 2. The predicted molar refractivity (Wildman–Crippen MR) is 106 cm³/mol. The maximum atomic E-state index is 12.3. The summed E-state index contributed by atoms with van der Waals surface area (Å²) >= 11 is 0. The second-order valence-electron chi connectivity index (χ2n) is 6.59. The van der Waals surface area contributed by atoms with E-state index in [0.717, 1.165) is 6.42 Å². The summed E-state index contributed by atoms with van der Waals surface area (Å²) in [7, 11) is -12.9. The van der Waals surface area contributed by atoms with Crippen molar-refractivity contribution in [1.82, 2.24) is 0 Å². The molecule has 218 valence electrons. The molecular formula is C15H20F10N2O7S2Si. The lowest BCUT2D eigenvalue weighted by molar-refractivity contribution is -0.685. The molecule has 9 nitrogen and oxygen atoms in total. The molecule has 0 aliphatic rings. The van der Waals surface area contributed by atoms with E-state index in [-0.39, 0.29) is 0 Å². The highest BCUT2D eigenvalue weighted by molar-refractivity contribution is 8.13. The topological polar surface area (TPSA) is 114 Å². The van der Waals surface area contributed by atoms with Crippen molar-refractivity contribution < 1.29 is 78.6 Å². The van der Waals surface area contributed by atoms with E-state index in [1.54, 1.807) is 21.3 Å². The fourth-order valence-corrected chi connectivity index (χ4v) is 5.96. The van der Waals surface area contributed by atoms with Gasteiger partial charge in [-0.3, -0.25) is 0 Å². The maximum absolute atomic E-state index is 12.3. The normalized spacial score (nSPS) is 14.2. The van der Waals surface area contributed by atoms with Crippen molar-refractivity contribution in [3.05, 3.63) is 34.2 Å². The van der Waals surface area contributed by atoms with Gasteiger partial charge in [0.05, 0.1) is 0 Å². The van der Waals surface area contributed by atoms with E-state index in [1.165, 1.54) is 5.56 Å². The Labute approximate surface area is 205 Å². The third-order valence-corrected chi connectivity index (χ3v) is 10.1. The first kappa shape index (κ1) is 35.4. The quantitative estimate of drug-likeness (QED) is 0.224. The van der Waals surface area contributed by atoms with E-state index in [2.05, 4.69) is 23.8 Å². The Balaban J connectivity index is 0.000000724. The molecule has 0 fully saturated rings. The first-order valence-corrected chi connectivity index (χ1v) is 14.0. The van der Waals surface area contributed by atoms with E-state index < -0.39 is 51.7 Å². The summed E-state index contributed by atoms with van der Waals surface area (Å²) in [4.78, 5) is 0. The van der Waals surface area contributed by atoms with Gasteiger partial charge >= 0.3 is 31.7 Å². The zero-order chi connectivity index (χ0) is 29.7. The molecule has 0 unspecified atom stereocenters. The lowest BCUT2D eigenvalue weighted by atomic mass is 10.2. The van der Waals surface area contributed by atoms with Crippen molar-refractivity contribution in [1.29, 1.82) is 0 Å². The Morgan fingerprint density at radius 1 is 0.811 bits per heavy atom. The van der Waals surface area contributed by atoms with Gasteiger partial charge in [-0.2, -0.15) is 48.5 Å². The Morgan fingerprint density at radius 2 is 1.19 bits per heavy atom. The molecule has 1 rings (SSSR count). The van der Waals surface area contributed by atoms with Crippen molar-refractivity contribution in [2.45, 2.75) is 42.4 Å². The summed E-state index contributed by atoms with van der Waals surface area (Å²) in [6.45, 7) is 2.13. The molecule has 0 aliphatic heterocycles. The Hall–Kier alpha value is -1.59. The van der Waals surface area contributed by atoms with Gasteiger partial charge in [0.15, 0.2) is 32.4 Å². The molecule has 0 aliphatic carbocycles. The van der Waals surface area contributed by atoms with Crippen molar-refractivity contribution in [3.63, 3.8) is 0 Å². The molecule has 0 amide bonds. The van der Waals surface area contributed by atoms with Crippen LogP contribution in [0.5, 0.6) is 0 Å². The number of hydrogen-bond acceptors (Lipinski definition) is 7. The van der Waals surface area contributed by atoms with Crippen molar-refractivity contribution >= 4 is 28.9 Å². The van der Waals surface area contributed by atoms with Gasteiger partial charge in [-0.05, 0) is 12.5 Å². The molecule has 0 atom stereocenters. The third kappa shape index (κ3) is 8.19. The van der Waals surface area contributed by atoms with Crippen LogP contribution >= 0.6 is 0 Å². The molecule has 1 heterocycles. The molecule has 0 saturated heterocycles. The fraction of sp³-hybridized carbons (Fsp3) is 0.667. The number of alkyl halides is 10. The fourth-order valence-electron chi connectivity index (χ4n) is 2.07. The van der Waals surface area contributed by atoms with Gasteiger partial charge in [-0.15, -0.1) is 0 Å². The molecule has 0 saturated carbocycles. The molecule has 1 aromatic heterocycles. The molecule has 0 radical (unpaired) electrons. The summed E-state index contributed by atoms with van der Waals surface area (Å²) in [5, 5.41) is -14.0. The minimum absolute atomic E-state index is 0.422. The van der Waals surface area contributed by atoms with E-state index in [4.69, 9.17) is 13.3 Å². The van der Waals surface area contributed by atoms with E-state index in [9.17, 15) is 60.7 Å². The number of halogens is 10. The molecule has 0 bridgehead atoms. The van der Waals surface area contributed by atoms with Crippen LogP contribution in [0.4, 0.5) is 43.9 Å². The van der Waals surface area contributed by atoms with Crippen LogP contribution in [0, 0.1) is 0 Å². The van der Waals surface area contributed by atoms with E-state index >= 15 is 0 Å². The van der Waals surface area contributed by atoms with Gasteiger partial charge in [0.25, 0.3) is 0 Å². The van der Waals surface area contributed by atoms with Crippen LogP contribution in [0.15, 0.2) is 24.5 Å². The minimum Gasteiger partial charge on any atom is -0.425 e. The van der Waals surface area contributed by atoms with Gasteiger partial charge in [0.1, 0.15) is 0 Å². The molecule has 0 N–H and O–H groups in total. The Bertz CT molecular complexity index is 1050. The monoisotopic (exact) mass is 622 g/mol.